The van der Waals surface area contributed by atoms with Crippen molar-refractivity contribution in [2.75, 3.05) is 6.54 Å². The number of rotatable bonds is 7. The van der Waals surface area contributed by atoms with Crippen LogP contribution < -0.4 is 11.1 Å². The van der Waals surface area contributed by atoms with Crippen LogP contribution in [0.1, 0.15) is 53.4 Å². The summed E-state index contributed by atoms with van der Waals surface area (Å²) in [7, 11) is 0. The van der Waals surface area contributed by atoms with Crippen molar-refractivity contribution in [3.05, 3.63) is 59.0 Å². The predicted octanol–water partition coefficient (Wildman–Crippen LogP) is 3.22. The minimum Gasteiger partial charge on any atom is -0.467 e. The Labute approximate surface area is 131 Å². The highest BCUT2D eigenvalue weighted by Crippen LogP contribution is 2.15. The Morgan fingerprint density at radius 2 is 2.00 bits per heavy atom. The van der Waals surface area contributed by atoms with E-state index in [0.717, 1.165) is 12.8 Å². The molecule has 1 heterocycles. The van der Waals surface area contributed by atoms with Crippen molar-refractivity contribution in [1.29, 1.82) is 0 Å². The number of amides is 1. The largest absolute Gasteiger partial charge is 0.467 e. The fraction of sp³-hybridized carbons (Fsp3) is 0.389. The molecular formula is C18H24N2O2. The number of furan rings is 1. The zero-order valence-electron chi connectivity index (χ0n) is 13.3. The van der Waals surface area contributed by atoms with Crippen molar-refractivity contribution < 1.29 is 9.21 Å². The minimum absolute atomic E-state index is 0.112. The van der Waals surface area contributed by atoms with Gasteiger partial charge in [-0.15, -0.1) is 0 Å². The molecule has 0 spiro atoms. The molecule has 2 aromatic rings. The van der Waals surface area contributed by atoms with Gasteiger partial charge >= 0.3 is 0 Å². The predicted molar refractivity (Wildman–Crippen MR) is 87.8 cm³/mol. The highest BCUT2D eigenvalue weighted by molar-refractivity contribution is 5.93. The van der Waals surface area contributed by atoms with E-state index in [0.29, 0.717) is 30.3 Å². The highest BCUT2D eigenvalue weighted by Gasteiger charge is 2.08. The fourth-order valence-electron chi connectivity index (χ4n) is 2.27. The summed E-state index contributed by atoms with van der Waals surface area (Å²) in [6.45, 7) is 5.33. The molecule has 0 atom stereocenters. The molecule has 1 aromatic heterocycles. The number of nitrogens with two attached hydrogens (primary N) is 1. The van der Waals surface area contributed by atoms with Crippen LogP contribution in [0.5, 0.6) is 0 Å². The highest BCUT2D eigenvalue weighted by atomic mass is 16.3. The summed E-state index contributed by atoms with van der Waals surface area (Å²) in [6, 6.07) is 10.4. The van der Waals surface area contributed by atoms with Crippen molar-refractivity contribution in [3.63, 3.8) is 0 Å². The van der Waals surface area contributed by atoms with Gasteiger partial charge in [0.25, 0.3) is 5.91 Å². The van der Waals surface area contributed by atoms with Crippen LogP contribution in [-0.2, 0) is 13.0 Å². The molecule has 0 saturated heterocycles. The molecular weight excluding hydrogens is 276 g/mol. The third-order valence-corrected chi connectivity index (χ3v) is 3.69. The topological polar surface area (TPSA) is 68.3 Å². The number of hydrogen-bond donors (Lipinski definition) is 2. The Hall–Kier alpha value is -2.07. The van der Waals surface area contributed by atoms with Crippen molar-refractivity contribution in [1.82, 2.24) is 5.32 Å². The average Bonchev–Trinajstić information content (AvgIpc) is 3.01. The number of carbonyl (C=O) groups excluding carboxylic acids is 1. The second-order valence-electron chi connectivity index (χ2n) is 5.76. The van der Waals surface area contributed by atoms with Crippen molar-refractivity contribution in [3.8, 4) is 0 Å². The van der Waals surface area contributed by atoms with Crippen LogP contribution in [-0.4, -0.2) is 12.5 Å². The van der Waals surface area contributed by atoms with Gasteiger partial charge in [-0.2, -0.15) is 0 Å². The summed E-state index contributed by atoms with van der Waals surface area (Å²) in [5.74, 6) is 1.07. The first-order valence-corrected chi connectivity index (χ1v) is 7.74. The summed E-state index contributed by atoms with van der Waals surface area (Å²) < 4.78 is 5.16. The Morgan fingerprint density at radius 1 is 1.27 bits per heavy atom. The maximum atomic E-state index is 11.9. The smallest absolute Gasteiger partial charge is 0.254 e. The van der Waals surface area contributed by atoms with Crippen LogP contribution in [0, 0.1) is 0 Å². The quantitative estimate of drug-likeness (QED) is 0.771. The van der Waals surface area contributed by atoms with E-state index in [9.17, 15) is 4.79 Å². The Balaban J connectivity index is 1.73. The molecule has 0 unspecified atom stereocenters. The first-order chi connectivity index (χ1) is 10.6. The molecule has 4 nitrogen and oxygen atoms in total. The third-order valence-electron chi connectivity index (χ3n) is 3.69. The number of aryl methyl sites for hydroxylation is 1. The molecule has 0 fully saturated rings. The lowest BCUT2D eigenvalue weighted by Crippen LogP contribution is -2.24. The third kappa shape index (κ3) is 4.46. The van der Waals surface area contributed by atoms with E-state index in [4.69, 9.17) is 10.2 Å². The lowest BCUT2D eigenvalue weighted by molar-refractivity contribution is 0.0952. The van der Waals surface area contributed by atoms with Gasteiger partial charge in [-0.1, -0.05) is 38.1 Å². The molecule has 118 valence electrons. The number of hydrogen-bond acceptors (Lipinski definition) is 3. The van der Waals surface area contributed by atoms with E-state index in [1.165, 1.54) is 17.4 Å². The van der Waals surface area contributed by atoms with Gasteiger partial charge in [-0.3, -0.25) is 4.79 Å². The molecule has 4 heteroatoms. The van der Waals surface area contributed by atoms with E-state index in [1.807, 2.05) is 0 Å². The molecule has 0 aliphatic heterocycles. The summed E-state index contributed by atoms with van der Waals surface area (Å²) in [5, 5.41) is 2.90. The average molecular weight is 300 g/mol. The number of carbonyl (C=O) groups is 1. The van der Waals surface area contributed by atoms with E-state index >= 15 is 0 Å². The second kappa shape index (κ2) is 7.80. The Morgan fingerprint density at radius 3 is 2.59 bits per heavy atom. The SMILES string of the molecule is CC(C)c1ccc(CCCNC(=O)c2coc(CN)c2)cc1. The maximum absolute atomic E-state index is 11.9. The second-order valence-corrected chi connectivity index (χ2v) is 5.76. The van der Waals surface area contributed by atoms with Gasteiger partial charge in [0, 0.05) is 6.54 Å². The lowest BCUT2D eigenvalue weighted by Gasteiger charge is -2.07. The van der Waals surface area contributed by atoms with Crippen LogP contribution >= 0.6 is 0 Å². The standard InChI is InChI=1S/C18H24N2O2/c1-13(2)15-7-5-14(6-8-15)4-3-9-20-18(21)16-10-17(11-19)22-12-16/h5-8,10,12-13H,3-4,9,11,19H2,1-2H3,(H,20,21). The number of nitrogens with one attached hydrogen (secondary N) is 1. The van der Waals surface area contributed by atoms with Crippen LogP contribution in [0.4, 0.5) is 0 Å². The molecule has 0 aliphatic carbocycles. The lowest BCUT2D eigenvalue weighted by atomic mass is 10.0. The summed E-state index contributed by atoms with van der Waals surface area (Å²) in [6.07, 6.45) is 3.31. The van der Waals surface area contributed by atoms with Crippen molar-refractivity contribution in [2.24, 2.45) is 5.73 Å². The molecule has 1 amide bonds. The van der Waals surface area contributed by atoms with Gasteiger partial charge in [0.05, 0.1) is 12.1 Å². The van der Waals surface area contributed by atoms with Gasteiger partial charge in [0.2, 0.25) is 0 Å². The van der Waals surface area contributed by atoms with Crippen LogP contribution in [0.15, 0.2) is 41.0 Å². The van der Waals surface area contributed by atoms with E-state index in [2.05, 4.69) is 43.4 Å². The molecule has 22 heavy (non-hydrogen) atoms. The van der Waals surface area contributed by atoms with Crippen LogP contribution in [0.2, 0.25) is 0 Å². The van der Waals surface area contributed by atoms with Gasteiger partial charge in [-0.05, 0) is 36.0 Å². The molecule has 1 aromatic carbocycles. The zero-order chi connectivity index (χ0) is 15.9. The monoisotopic (exact) mass is 300 g/mol. The Bertz CT molecular complexity index is 600. The van der Waals surface area contributed by atoms with Crippen molar-refractivity contribution in [2.45, 2.75) is 39.2 Å². The minimum atomic E-state index is -0.112. The molecule has 0 aliphatic rings. The zero-order valence-corrected chi connectivity index (χ0v) is 13.3. The van der Waals surface area contributed by atoms with Crippen molar-refractivity contribution >= 4 is 5.91 Å². The molecule has 0 saturated carbocycles. The first kappa shape index (κ1) is 16.3. The van der Waals surface area contributed by atoms with Crippen LogP contribution in [0.3, 0.4) is 0 Å². The summed E-state index contributed by atoms with van der Waals surface area (Å²) in [5.41, 5.74) is 8.64. The van der Waals surface area contributed by atoms with Gasteiger partial charge in [0.15, 0.2) is 0 Å². The van der Waals surface area contributed by atoms with E-state index in [-0.39, 0.29) is 5.91 Å². The fourth-order valence-corrected chi connectivity index (χ4v) is 2.27. The van der Waals surface area contributed by atoms with E-state index < -0.39 is 0 Å². The van der Waals surface area contributed by atoms with Crippen LogP contribution in [0.25, 0.3) is 0 Å². The molecule has 3 N–H and O–H groups in total. The van der Waals surface area contributed by atoms with Gasteiger partial charge < -0.3 is 15.5 Å². The number of benzene rings is 1. The molecule has 0 bridgehead atoms. The molecule has 2 rings (SSSR count). The van der Waals surface area contributed by atoms with Gasteiger partial charge in [0.1, 0.15) is 12.0 Å². The van der Waals surface area contributed by atoms with Gasteiger partial charge in [-0.25, -0.2) is 0 Å². The first-order valence-electron chi connectivity index (χ1n) is 7.74. The Kier molecular flexibility index (Phi) is 5.78. The van der Waals surface area contributed by atoms with E-state index in [1.54, 1.807) is 6.07 Å². The summed E-state index contributed by atoms with van der Waals surface area (Å²) >= 11 is 0. The normalized spacial score (nSPS) is 10.9. The molecule has 0 radical (unpaired) electrons. The summed E-state index contributed by atoms with van der Waals surface area (Å²) in [4.78, 5) is 11.9. The maximum Gasteiger partial charge on any atom is 0.254 e.